The molecule has 1 aromatic carbocycles. The second-order valence-corrected chi connectivity index (χ2v) is 7.69. The van der Waals surface area contributed by atoms with Crippen molar-refractivity contribution in [1.82, 2.24) is 9.80 Å². The molecule has 0 unspecified atom stereocenters. The zero-order chi connectivity index (χ0) is 22.0. The highest BCUT2D eigenvalue weighted by molar-refractivity contribution is 5.76. The lowest BCUT2D eigenvalue weighted by molar-refractivity contribution is -0.143. The van der Waals surface area contributed by atoms with Crippen LogP contribution in [0, 0.1) is 0 Å². The molecule has 0 N–H and O–H groups in total. The topological polar surface area (TPSA) is 85.4 Å². The Morgan fingerprint density at radius 3 is 2.24 bits per heavy atom. The molecule has 29 heavy (non-hydrogen) atoms. The molecule has 8 heteroatoms. The van der Waals surface area contributed by atoms with E-state index in [0.717, 1.165) is 5.56 Å². The van der Waals surface area contributed by atoms with Crippen molar-refractivity contribution in [2.24, 2.45) is 0 Å². The maximum absolute atomic E-state index is 12.4. The summed E-state index contributed by atoms with van der Waals surface area (Å²) in [6, 6.07) is 7.26. The Kier molecular flexibility index (Phi) is 9.44. The van der Waals surface area contributed by atoms with Gasteiger partial charge in [-0.3, -0.25) is 4.79 Å². The number of amides is 2. The number of benzene rings is 1. The fraction of sp³-hybridized carbons (Fsp3) is 0.571. The van der Waals surface area contributed by atoms with E-state index in [0.29, 0.717) is 25.3 Å². The van der Waals surface area contributed by atoms with Crippen molar-refractivity contribution in [1.29, 1.82) is 0 Å². The average molecular weight is 408 g/mol. The van der Waals surface area contributed by atoms with E-state index in [4.69, 9.17) is 9.47 Å². The van der Waals surface area contributed by atoms with Crippen molar-refractivity contribution in [3.63, 3.8) is 0 Å². The van der Waals surface area contributed by atoms with Crippen LogP contribution in [-0.4, -0.2) is 74.3 Å². The van der Waals surface area contributed by atoms with Crippen LogP contribution in [0.1, 0.15) is 32.8 Å². The first-order valence-corrected chi connectivity index (χ1v) is 9.49. The maximum atomic E-state index is 12.4. The summed E-state index contributed by atoms with van der Waals surface area (Å²) in [5, 5.41) is 0. The molecule has 162 valence electrons. The first-order valence-electron chi connectivity index (χ1n) is 9.49. The van der Waals surface area contributed by atoms with Crippen molar-refractivity contribution in [3.8, 4) is 5.75 Å². The van der Waals surface area contributed by atoms with Crippen molar-refractivity contribution in [3.05, 3.63) is 29.8 Å². The summed E-state index contributed by atoms with van der Waals surface area (Å²) in [6.07, 6.45) is 0.336. The SMILES string of the molecule is COC(=O)COc1ccccc1CCC(=O)N(C)CCN(C)C(=O)OC(C)(C)C. The van der Waals surface area contributed by atoms with Crippen LogP contribution in [0.15, 0.2) is 24.3 Å². The molecule has 0 aliphatic rings. The second-order valence-electron chi connectivity index (χ2n) is 7.69. The Balaban J connectivity index is 2.50. The molecular weight excluding hydrogens is 376 g/mol. The van der Waals surface area contributed by atoms with E-state index in [1.54, 1.807) is 51.9 Å². The molecule has 0 aliphatic carbocycles. The number of para-hydroxylation sites is 1. The lowest BCUT2D eigenvalue weighted by Crippen LogP contribution is -2.40. The van der Waals surface area contributed by atoms with E-state index in [2.05, 4.69) is 4.74 Å². The lowest BCUT2D eigenvalue weighted by Gasteiger charge is -2.26. The summed E-state index contributed by atoms with van der Waals surface area (Å²) >= 11 is 0. The van der Waals surface area contributed by atoms with Crippen LogP contribution < -0.4 is 4.74 Å². The molecule has 2 amide bonds. The number of aryl methyl sites for hydroxylation is 1. The first-order chi connectivity index (χ1) is 13.5. The zero-order valence-corrected chi connectivity index (χ0v) is 18.2. The summed E-state index contributed by atoms with van der Waals surface area (Å²) in [4.78, 5) is 38.7. The average Bonchev–Trinajstić information content (AvgIpc) is 2.67. The van der Waals surface area contributed by atoms with Gasteiger partial charge in [-0.25, -0.2) is 9.59 Å². The van der Waals surface area contributed by atoms with Crippen molar-refractivity contribution < 1.29 is 28.6 Å². The first kappa shape index (κ1) is 24.3. The fourth-order valence-electron chi connectivity index (χ4n) is 2.34. The summed E-state index contributed by atoms with van der Waals surface area (Å²) in [6.45, 7) is 6.01. The third-order valence-corrected chi connectivity index (χ3v) is 4.06. The van der Waals surface area contributed by atoms with Crippen LogP contribution in [0.3, 0.4) is 0 Å². The molecule has 0 saturated carbocycles. The van der Waals surface area contributed by atoms with E-state index in [9.17, 15) is 14.4 Å². The zero-order valence-electron chi connectivity index (χ0n) is 18.2. The van der Waals surface area contributed by atoms with Gasteiger partial charge < -0.3 is 24.0 Å². The summed E-state index contributed by atoms with van der Waals surface area (Å²) in [5.74, 6) is 0.0353. The smallest absolute Gasteiger partial charge is 0.410 e. The largest absolute Gasteiger partial charge is 0.482 e. The maximum Gasteiger partial charge on any atom is 0.410 e. The number of nitrogens with zero attached hydrogens (tertiary/aromatic N) is 2. The van der Waals surface area contributed by atoms with Gasteiger partial charge >= 0.3 is 12.1 Å². The van der Waals surface area contributed by atoms with Crippen LogP contribution in [0.4, 0.5) is 4.79 Å². The quantitative estimate of drug-likeness (QED) is 0.584. The minimum atomic E-state index is -0.559. The van der Waals surface area contributed by atoms with Gasteiger partial charge in [0.05, 0.1) is 7.11 Å². The van der Waals surface area contributed by atoms with Gasteiger partial charge in [-0.15, -0.1) is 0 Å². The number of methoxy groups -OCH3 is 1. The number of carbonyl (C=O) groups is 3. The normalized spacial score (nSPS) is 10.8. The van der Waals surface area contributed by atoms with Gasteiger partial charge in [0.15, 0.2) is 6.61 Å². The van der Waals surface area contributed by atoms with Gasteiger partial charge in [-0.05, 0) is 38.8 Å². The molecule has 0 spiro atoms. The van der Waals surface area contributed by atoms with E-state index in [1.807, 2.05) is 12.1 Å². The predicted octanol–water partition coefficient (Wildman–Crippen LogP) is 2.50. The highest BCUT2D eigenvalue weighted by Gasteiger charge is 2.20. The van der Waals surface area contributed by atoms with Crippen LogP contribution in [0.2, 0.25) is 0 Å². The third-order valence-electron chi connectivity index (χ3n) is 4.06. The molecule has 0 heterocycles. The third kappa shape index (κ3) is 9.32. The van der Waals surface area contributed by atoms with E-state index in [-0.39, 0.29) is 18.9 Å². The van der Waals surface area contributed by atoms with Gasteiger partial charge in [-0.1, -0.05) is 18.2 Å². The van der Waals surface area contributed by atoms with E-state index >= 15 is 0 Å². The van der Waals surface area contributed by atoms with Crippen molar-refractivity contribution in [2.75, 3.05) is 40.9 Å². The molecule has 0 aliphatic heterocycles. The molecule has 0 saturated heterocycles. The van der Waals surface area contributed by atoms with Crippen LogP contribution >= 0.6 is 0 Å². The minimum Gasteiger partial charge on any atom is -0.482 e. The summed E-state index contributed by atoms with van der Waals surface area (Å²) in [5.41, 5.74) is 0.278. The van der Waals surface area contributed by atoms with Crippen LogP contribution in [0.25, 0.3) is 0 Å². The Morgan fingerprint density at radius 1 is 1.00 bits per heavy atom. The fourth-order valence-corrected chi connectivity index (χ4v) is 2.34. The molecule has 0 atom stereocenters. The number of hydrogen-bond acceptors (Lipinski definition) is 6. The Bertz CT molecular complexity index is 699. The monoisotopic (exact) mass is 408 g/mol. The van der Waals surface area contributed by atoms with Gasteiger partial charge in [0.2, 0.25) is 5.91 Å². The van der Waals surface area contributed by atoms with E-state index < -0.39 is 17.7 Å². The number of esters is 1. The second kappa shape index (κ2) is 11.3. The summed E-state index contributed by atoms with van der Waals surface area (Å²) in [7, 11) is 4.64. The number of rotatable bonds is 9. The van der Waals surface area contributed by atoms with Crippen LogP contribution in [-0.2, 0) is 25.5 Å². The highest BCUT2D eigenvalue weighted by Crippen LogP contribution is 2.20. The Labute approximate surface area is 172 Å². The minimum absolute atomic E-state index is 0.0506. The van der Waals surface area contributed by atoms with Crippen molar-refractivity contribution >= 4 is 18.0 Å². The molecule has 8 nitrogen and oxygen atoms in total. The lowest BCUT2D eigenvalue weighted by atomic mass is 10.1. The predicted molar refractivity (Wildman–Crippen MR) is 109 cm³/mol. The van der Waals surface area contributed by atoms with Gasteiger partial charge in [0, 0.05) is 33.6 Å². The van der Waals surface area contributed by atoms with E-state index in [1.165, 1.54) is 12.0 Å². The van der Waals surface area contributed by atoms with Gasteiger partial charge in [0.25, 0.3) is 0 Å². The number of ether oxygens (including phenoxy) is 3. The molecule has 0 fully saturated rings. The molecule has 1 aromatic rings. The highest BCUT2D eigenvalue weighted by atomic mass is 16.6. The molecule has 1 rings (SSSR count). The Hall–Kier alpha value is -2.77. The van der Waals surface area contributed by atoms with Gasteiger partial charge in [-0.2, -0.15) is 0 Å². The summed E-state index contributed by atoms with van der Waals surface area (Å²) < 4.78 is 15.3. The number of hydrogen-bond donors (Lipinski definition) is 0. The molecule has 0 aromatic heterocycles. The molecule has 0 radical (unpaired) electrons. The Morgan fingerprint density at radius 2 is 1.62 bits per heavy atom. The standard InChI is InChI=1S/C21H32N2O6/c1-21(2,3)29-20(26)23(5)14-13-22(4)18(24)12-11-16-9-7-8-10-17(16)28-15-19(25)27-6/h7-10H,11-15H2,1-6H3. The van der Waals surface area contributed by atoms with Crippen LogP contribution in [0.5, 0.6) is 5.75 Å². The van der Waals surface area contributed by atoms with Gasteiger partial charge in [0.1, 0.15) is 11.4 Å². The molecular formula is C21H32N2O6. The molecule has 0 bridgehead atoms. The number of carbonyl (C=O) groups excluding carboxylic acids is 3. The number of likely N-dealkylation sites (N-methyl/N-ethyl adjacent to an activating group) is 2. The van der Waals surface area contributed by atoms with Crippen molar-refractivity contribution in [2.45, 2.75) is 39.2 Å².